The molecule has 1 aromatic heterocycles. The summed E-state index contributed by atoms with van der Waals surface area (Å²) in [5, 5.41) is 4.28. The number of anilines is 1. The predicted molar refractivity (Wildman–Crippen MR) is 99.3 cm³/mol. The standard InChI is InChI=1S/C16H16ClN3O2S2/c1-9-6-12-14(24-9)15(22)20(2)16(19-12)23-8-13(21)18-11-5-3-4-10(17)7-11/h3-5,7,9H,6,8H2,1-2H3,(H,18,21)/t9-/m1/s1. The first kappa shape index (κ1) is 17.4. The summed E-state index contributed by atoms with van der Waals surface area (Å²) in [6.07, 6.45) is 0.790. The Kier molecular flexibility index (Phi) is 5.22. The Morgan fingerprint density at radius 3 is 3.08 bits per heavy atom. The number of benzene rings is 1. The van der Waals surface area contributed by atoms with Gasteiger partial charge in [0, 0.05) is 29.4 Å². The number of thioether (sulfide) groups is 2. The van der Waals surface area contributed by atoms with Crippen LogP contribution in [0.2, 0.25) is 5.02 Å². The number of rotatable bonds is 4. The first-order valence-electron chi connectivity index (χ1n) is 7.39. The van der Waals surface area contributed by atoms with E-state index in [0.717, 1.165) is 17.0 Å². The maximum absolute atomic E-state index is 12.4. The fourth-order valence-corrected chi connectivity index (χ4v) is 4.52. The van der Waals surface area contributed by atoms with E-state index in [2.05, 4.69) is 17.2 Å². The van der Waals surface area contributed by atoms with Crippen LogP contribution in [0.5, 0.6) is 0 Å². The SMILES string of the molecule is C[C@@H]1Cc2nc(SCC(=O)Nc3cccc(Cl)c3)n(C)c(=O)c2S1. The van der Waals surface area contributed by atoms with Crippen molar-refractivity contribution in [1.29, 1.82) is 0 Å². The number of nitrogens with zero attached hydrogens (tertiary/aromatic N) is 2. The summed E-state index contributed by atoms with van der Waals surface area (Å²) in [4.78, 5) is 29.8. The summed E-state index contributed by atoms with van der Waals surface area (Å²) >= 11 is 8.73. The first-order chi connectivity index (χ1) is 11.4. The molecule has 0 saturated heterocycles. The van der Waals surface area contributed by atoms with Crippen LogP contribution in [0.1, 0.15) is 12.6 Å². The summed E-state index contributed by atoms with van der Waals surface area (Å²) in [6, 6.07) is 6.98. The molecule has 2 heterocycles. The third kappa shape index (κ3) is 3.79. The van der Waals surface area contributed by atoms with E-state index in [1.165, 1.54) is 16.3 Å². The molecule has 1 aliphatic heterocycles. The lowest BCUT2D eigenvalue weighted by molar-refractivity contribution is -0.113. The largest absolute Gasteiger partial charge is 0.325 e. The lowest BCUT2D eigenvalue weighted by atomic mass is 10.2. The van der Waals surface area contributed by atoms with Crippen molar-refractivity contribution in [1.82, 2.24) is 9.55 Å². The highest BCUT2D eigenvalue weighted by atomic mass is 35.5. The zero-order valence-electron chi connectivity index (χ0n) is 13.2. The number of carbonyl (C=O) groups excluding carboxylic acids is 1. The number of hydrogen-bond acceptors (Lipinski definition) is 5. The molecule has 8 heteroatoms. The molecule has 0 unspecified atom stereocenters. The molecule has 0 spiro atoms. The van der Waals surface area contributed by atoms with Gasteiger partial charge < -0.3 is 5.32 Å². The summed E-state index contributed by atoms with van der Waals surface area (Å²) in [7, 11) is 1.69. The second-order valence-electron chi connectivity index (χ2n) is 5.51. The normalized spacial score (nSPS) is 16.0. The third-order valence-corrected chi connectivity index (χ3v) is 6.00. The molecule has 3 rings (SSSR count). The van der Waals surface area contributed by atoms with Crippen molar-refractivity contribution >= 4 is 46.7 Å². The van der Waals surface area contributed by atoms with Gasteiger partial charge in [0.15, 0.2) is 5.16 Å². The van der Waals surface area contributed by atoms with Crippen LogP contribution in [0, 0.1) is 0 Å². The van der Waals surface area contributed by atoms with Crippen LogP contribution in [0.3, 0.4) is 0 Å². The summed E-state index contributed by atoms with van der Waals surface area (Å²) in [5.74, 6) is 0.00799. The zero-order chi connectivity index (χ0) is 17.3. The van der Waals surface area contributed by atoms with Gasteiger partial charge in [-0.3, -0.25) is 14.2 Å². The fourth-order valence-electron chi connectivity index (χ4n) is 2.40. The minimum atomic E-state index is -0.167. The van der Waals surface area contributed by atoms with Crippen LogP contribution < -0.4 is 10.9 Å². The number of aromatic nitrogens is 2. The van der Waals surface area contributed by atoms with Crippen LogP contribution >= 0.6 is 35.1 Å². The summed E-state index contributed by atoms with van der Waals surface area (Å²) < 4.78 is 1.52. The van der Waals surface area contributed by atoms with Crippen molar-refractivity contribution in [3.05, 3.63) is 45.3 Å². The Hall–Kier alpha value is -1.44. The first-order valence-corrected chi connectivity index (χ1v) is 9.63. The van der Waals surface area contributed by atoms with Crippen LogP contribution in [-0.2, 0) is 18.3 Å². The number of amides is 1. The molecule has 24 heavy (non-hydrogen) atoms. The van der Waals surface area contributed by atoms with E-state index < -0.39 is 0 Å². The van der Waals surface area contributed by atoms with Crippen LogP contribution in [-0.4, -0.2) is 26.5 Å². The quantitative estimate of drug-likeness (QED) is 0.650. The van der Waals surface area contributed by atoms with Crippen LogP contribution in [0.15, 0.2) is 39.1 Å². The summed E-state index contributed by atoms with van der Waals surface area (Å²) in [6.45, 7) is 2.08. The number of hydrogen-bond donors (Lipinski definition) is 1. The number of halogens is 1. The second-order valence-corrected chi connectivity index (χ2v) is 8.34. The topological polar surface area (TPSA) is 64.0 Å². The highest BCUT2D eigenvalue weighted by Crippen LogP contribution is 2.33. The molecular formula is C16H16ClN3O2S2. The molecule has 1 aromatic carbocycles. The number of fused-ring (bicyclic) bond motifs is 1. The van der Waals surface area contributed by atoms with E-state index in [-0.39, 0.29) is 17.2 Å². The fraction of sp³-hybridized carbons (Fsp3) is 0.312. The van der Waals surface area contributed by atoms with Gasteiger partial charge in [0.05, 0.1) is 16.3 Å². The highest BCUT2D eigenvalue weighted by Gasteiger charge is 2.25. The molecule has 0 aliphatic carbocycles. The Morgan fingerprint density at radius 2 is 2.33 bits per heavy atom. The van der Waals surface area contributed by atoms with E-state index >= 15 is 0 Å². The molecule has 1 atom stereocenters. The van der Waals surface area contributed by atoms with Crippen molar-refractivity contribution in [2.75, 3.05) is 11.1 Å². The van der Waals surface area contributed by atoms with Gasteiger partial charge in [0.2, 0.25) is 5.91 Å². The van der Waals surface area contributed by atoms with Gasteiger partial charge in [0.25, 0.3) is 5.56 Å². The van der Waals surface area contributed by atoms with Crippen molar-refractivity contribution < 1.29 is 4.79 Å². The second kappa shape index (κ2) is 7.21. The monoisotopic (exact) mass is 381 g/mol. The molecule has 1 N–H and O–H groups in total. The third-order valence-electron chi connectivity index (χ3n) is 3.52. The van der Waals surface area contributed by atoms with E-state index in [1.54, 1.807) is 43.1 Å². The van der Waals surface area contributed by atoms with E-state index in [1.807, 2.05) is 0 Å². The molecule has 126 valence electrons. The average Bonchev–Trinajstić information content (AvgIpc) is 2.90. The lowest BCUT2D eigenvalue weighted by Crippen LogP contribution is -2.23. The smallest absolute Gasteiger partial charge is 0.267 e. The molecule has 5 nitrogen and oxygen atoms in total. The van der Waals surface area contributed by atoms with Gasteiger partial charge in [-0.15, -0.1) is 11.8 Å². The van der Waals surface area contributed by atoms with Gasteiger partial charge in [-0.05, 0) is 18.2 Å². The maximum atomic E-state index is 12.4. The van der Waals surface area contributed by atoms with Crippen molar-refractivity contribution in [2.45, 2.75) is 28.6 Å². The molecule has 0 saturated carbocycles. The van der Waals surface area contributed by atoms with Gasteiger partial charge in [-0.1, -0.05) is 36.4 Å². The van der Waals surface area contributed by atoms with E-state index in [9.17, 15) is 9.59 Å². The highest BCUT2D eigenvalue weighted by molar-refractivity contribution is 8.00. The molecular weight excluding hydrogens is 366 g/mol. The lowest BCUT2D eigenvalue weighted by Gasteiger charge is -2.09. The van der Waals surface area contributed by atoms with Gasteiger partial charge in [-0.2, -0.15) is 0 Å². The average molecular weight is 382 g/mol. The van der Waals surface area contributed by atoms with Crippen molar-refractivity contribution in [2.24, 2.45) is 7.05 Å². The van der Waals surface area contributed by atoms with E-state index in [0.29, 0.717) is 21.1 Å². The number of carbonyl (C=O) groups is 1. The zero-order valence-corrected chi connectivity index (χ0v) is 15.6. The molecule has 1 amide bonds. The Labute approximate surface area is 153 Å². The predicted octanol–water partition coefficient (Wildman–Crippen LogP) is 3.20. The minimum Gasteiger partial charge on any atom is -0.325 e. The van der Waals surface area contributed by atoms with E-state index in [4.69, 9.17) is 11.6 Å². The van der Waals surface area contributed by atoms with Crippen LogP contribution in [0.4, 0.5) is 5.69 Å². The molecule has 0 fully saturated rings. The Balaban J connectivity index is 1.69. The molecule has 0 bridgehead atoms. The molecule has 2 aromatic rings. The van der Waals surface area contributed by atoms with Crippen molar-refractivity contribution in [3.63, 3.8) is 0 Å². The van der Waals surface area contributed by atoms with Gasteiger partial charge >= 0.3 is 0 Å². The minimum absolute atomic E-state index is 0.0351. The summed E-state index contributed by atoms with van der Waals surface area (Å²) in [5.41, 5.74) is 1.45. The Morgan fingerprint density at radius 1 is 1.54 bits per heavy atom. The van der Waals surface area contributed by atoms with Gasteiger partial charge in [0.1, 0.15) is 0 Å². The van der Waals surface area contributed by atoms with Crippen molar-refractivity contribution in [3.8, 4) is 0 Å². The van der Waals surface area contributed by atoms with Gasteiger partial charge in [-0.25, -0.2) is 4.98 Å². The Bertz CT molecular complexity index is 854. The van der Waals surface area contributed by atoms with Crippen LogP contribution in [0.25, 0.3) is 0 Å². The molecule has 0 radical (unpaired) electrons. The molecule has 1 aliphatic rings. The number of nitrogens with one attached hydrogen (secondary N) is 1. The maximum Gasteiger partial charge on any atom is 0.267 e.